The molecule has 0 spiro atoms. The number of hydrogen-bond acceptors (Lipinski definition) is 3. The van der Waals surface area contributed by atoms with Crippen LogP contribution >= 0.6 is 0 Å². The maximum absolute atomic E-state index is 12.1. The van der Waals surface area contributed by atoms with Crippen LogP contribution in [-0.4, -0.2) is 42.9 Å². The summed E-state index contributed by atoms with van der Waals surface area (Å²) in [7, 11) is 0. The molecule has 0 aromatic carbocycles. The molecular formula is C14H29N3O2. The summed E-state index contributed by atoms with van der Waals surface area (Å²) in [5.74, 6) is 0.325. The van der Waals surface area contributed by atoms with Gasteiger partial charge in [-0.25, -0.2) is 0 Å². The number of carbonyl (C=O) groups excluding carboxylic acids is 2. The standard InChI is InChI=1S/C14H29N3O2/c1-4-8-16-13(18)11-17(9-5-2)14(19)7-6-12(3)10-15/h12H,4-11,15H2,1-3H3,(H,16,18). The van der Waals surface area contributed by atoms with Crippen LogP contribution in [0.25, 0.3) is 0 Å². The second-order valence-electron chi connectivity index (χ2n) is 5.04. The van der Waals surface area contributed by atoms with Crippen molar-refractivity contribution in [2.75, 3.05) is 26.2 Å². The lowest BCUT2D eigenvalue weighted by Gasteiger charge is -2.22. The van der Waals surface area contributed by atoms with Crippen LogP contribution in [0, 0.1) is 5.92 Å². The summed E-state index contributed by atoms with van der Waals surface area (Å²) in [5.41, 5.74) is 5.54. The first-order valence-electron chi connectivity index (χ1n) is 7.29. The van der Waals surface area contributed by atoms with Gasteiger partial charge in [-0.05, 0) is 31.7 Å². The predicted molar refractivity (Wildman–Crippen MR) is 77.6 cm³/mol. The lowest BCUT2D eigenvalue weighted by molar-refractivity contribution is -0.136. The Labute approximate surface area is 116 Å². The van der Waals surface area contributed by atoms with Gasteiger partial charge in [0, 0.05) is 19.5 Å². The van der Waals surface area contributed by atoms with Gasteiger partial charge in [-0.3, -0.25) is 9.59 Å². The second-order valence-corrected chi connectivity index (χ2v) is 5.04. The van der Waals surface area contributed by atoms with Crippen LogP contribution in [0.15, 0.2) is 0 Å². The lowest BCUT2D eigenvalue weighted by atomic mass is 10.1. The molecule has 2 amide bonds. The van der Waals surface area contributed by atoms with Crippen LogP contribution in [0.3, 0.4) is 0 Å². The number of nitrogens with one attached hydrogen (secondary N) is 1. The Morgan fingerprint density at radius 1 is 1.26 bits per heavy atom. The molecule has 0 bridgehead atoms. The van der Waals surface area contributed by atoms with Crippen molar-refractivity contribution in [2.45, 2.75) is 46.5 Å². The molecular weight excluding hydrogens is 242 g/mol. The van der Waals surface area contributed by atoms with Gasteiger partial charge < -0.3 is 16.0 Å². The molecule has 3 N–H and O–H groups in total. The topological polar surface area (TPSA) is 75.4 Å². The zero-order valence-electron chi connectivity index (χ0n) is 12.6. The van der Waals surface area contributed by atoms with Gasteiger partial charge in [-0.1, -0.05) is 20.8 Å². The molecule has 0 heterocycles. The summed E-state index contributed by atoms with van der Waals surface area (Å²) in [6.45, 7) is 8.11. The van der Waals surface area contributed by atoms with Crippen molar-refractivity contribution in [1.82, 2.24) is 10.2 Å². The van der Waals surface area contributed by atoms with E-state index >= 15 is 0 Å². The van der Waals surface area contributed by atoms with Crippen LogP contribution in [0.4, 0.5) is 0 Å². The molecule has 0 saturated carbocycles. The summed E-state index contributed by atoms with van der Waals surface area (Å²) < 4.78 is 0. The molecule has 0 rings (SSSR count). The van der Waals surface area contributed by atoms with Crippen molar-refractivity contribution < 1.29 is 9.59 Å². The van der Waals surface area contributed by atoms with Crippen molar-refractivity contribution in [3.63, 3.8) is 0 Å². The summed E-state index contributed by atoms with van der Waals surface area (Å²) >= 11 is 0. The van der Waals surface area contributed by atoms with E-state index in [2.05, 4.69) is 5.32 Å². The van der Waals surface area contributed by atoms with E-state index in [0.717, 1.165) is 19.3 Å². The fraction of sp³-hybridized carbons (Fsp3) is 0.857. The fourth-order valence-corrected chi connectivity index (χ4v) is 1.70. The molecule has 0 aliphatic carbocycles. The molecule has 0 fully saturated rings. The largest absolute Gasteiger partial charge is 0.355 e. The molecule has 112 valence electrons. The minimum atomic E-state index is -0.0736. The second kappa shape index (κ2) is 10.8. The highest BCUT2D eigenvalue weighted by molar-refractivity contribution is 5.84. The summed E-state index contributed by atoms with van der Waals surface area (Å²) in [4.78, 5) is 25.4. The minimum absolute atomic E-state index is 0.0498. The molecule has 5 heteroatoms. The Morgan fingerprint density at radius 2 is 1.95 bits per heavy atom. The molecule has 0 aliphatic rings. The quantitative estimate of drug-likeness (QED) is 0.625. The van der Waals surface area contributed by atoms with E-state index in [9.17, 15) is 9.59 Å². The molecule has 0 aromatic heterocycles. The number of amides is 2. The highest BCUT2D eigenvalue weighted by atomic mass is 16.2. The summed E-state index contributed by atoms with van der Waals surface area (Å²) in [6, 6.07) is 0. The van der Waals surface area contributed by atoms with Gasteiger partial charge in [-0.2, -0.15) is 0 Å². The Bertz CT molecular complexity index is 269. The van der Waals surface area contributed by atoms with Crippen molar-refractivity contribution in [2.24, 2.45) is 11.7 Å². The normalized spacial score (nSPS) is 12.0. The first kappa shape index (κ1) is 17.9. The molecule has 1 unspecified atom stereocenters. The van der Waals surface area contributed by atoms with E-state index in [4.69, 9.17) is 5.73 Å². The van der Waals surface area contributed by atoms with Gasteiger partial charge in [0.25, 0.3) is 0 Å². The van der Waals surface area contributed by atoms with Crippen LogP contribution in [0.5, 0.6) is 0 Å². The third kappa shape index (κ3) is 8.59. The van der Waals surface area contributed by atoms with Crippen LogP contribution in [-0.2, 0) is 9.59 Å². The average Bonchev–Trinajstić information content (AvgIpc) is 2.41. The fourth-order valence-electron chi connectivity index (χ4n) is 1.70. The van der Waals surface area contributed by atoms with Gasteiger partial charge in [0.05, 0.1) is 6.54 Å². The Morgan fingerprint density at radius 3 is 2.47 bits per heavy atom. The molecule has 0 aliphatic heterocycles. The summed E-state index contributed by atoms with van der Waals surface area (Å²) in [5, 5.41) is 2.80. The van der Waals surface area contributed by atoms with E-state index in [0.29, 0.717) is 32.0 Å². The van der Waals surface area contributed by atoms with Crippen molar-refractivity contribution >= 4 is 11.8 Å². The first-order chi connectivity index (χ1) is 9.04. The van der Waals surface area contributed by atoms with E-state index in [-0.39, 0.29) is 18.4 Å². The molecule has 0 aromatic rings. The maximum Gasteiger partial charge on any atom is 0.239 e. The zero-order chi connectivity index (χ0) is 14.7. The minimum Gasteiger partial charge on any atom is -0.355 e. The number of nitrogens with zero attached hydrogens (tertiary/aromatic N) is 1. The maximum atomic E-state index is 12.1. The Kier molecular flexibility index (Phi) is 10.2. The Balaban J connectivity index is 4.21. The number of rotatable bonds is 10. The molecule has 1 atom stereocenters. The Hall–Kier alpha value is -1.10. The third-order valence-electron chi connectivity index (χ3n) is 3.01. The van der Waals surface area contributed by atoms with Gasteiger partial charge in [0.2, 0.25) is 11.8 Å². The van der Waals surface area contributed by atoms with Crippen molar-refractivity contribution in [1.29, 1.82) is 0 Å². The SMILES string of the molecule is CCCNC(=O)CN(CCC)C(=O)CCC(C)CN. The zero-order valence-corrected chi connectivity index (χ0v) is 12.6. The predicted octanol–water partition coefficient (Wildman–Crippen LogP) is 1.13. The molecule has 5 nitrogen and oxygen atoms in total. The van der Waals surface area contributed by atoms with Crippen molar-refractivity contribution in [3.05, 3.63) is 0 Å². The monoisotopic (exact) mass is 271 g/mol. The number of nitrogens with two attached hydrogens (primary N) is 1. The summed E-state index contributed by atoms with van der Waals surface area (Å²) in [6.07, 6.45) is 3.02. The van der Waals surface area contributed by atoms with Crippen LogP contribution in [0.2, 0.25) is 0 Å². The van der Waals surface area contributed by atoms with E-state index in [1.165, 1.54) is 0 Å². The molecule has 0 saturated heterocycles. The van der Waals surface area contributed by atoms with Gasteiger partial charge in [0.1, 0.15) is 0 Å². The van der Waals surface area contributed by atoms with Crippen LogP contribution < -0.4 is 11.1 Å². The van der Waals surface area contributed by atoms with E-state index in [1.807, 2.05) is 20.8 Å². The first-order valence-corrected chi connectivity index (χ1v) is 7.29. The average molecular weight is 271 g/mol. The van der Waals surface area contributed by atoms with Gasteiger partial charge >= 0.3 is 0 Å². The number of carbonyl (C=O) groups is 2. The third-order valence-corrected chi connectivity index (χ3v) is 3.01. The van der Waals surface area contributed by atoms with Crippen molar-refractivity contribution in [3.8, 4) is 0 Å². The number of hydrogen-bond donors (Lipinski definition) is 2. The lowest BCUT2D eigenvalue weighted by Crippen LogP contribution is -2.41. The van der Waals surface area contributed by atoms with Gasteiger partial charge in [0.15, 0.2) is 0 Å². The molecule has 19 heavy (non-hydrogen) atoms. The van der Waals surface area contributed by atoms with E-state index < -0.39 is 0 Å². The van der Waals surface area contributed by atoms with Gasteiger partial charge in [-0.15, -0.1) is 0 Å². The van der Waals surface area contributed by atoms with E-state index in [1.54, 1.807) is 4.90 Å². The molecule has 0 radical (unpaired) electrons. The van der Waals surface area contributed by atoms with Crippen LogP contribution in [0.1, 0.15) is 46.5 Å². The highest BCUT2D eigenvalue weighted by Crippen LogP contribution is 2.06. The highest BCUT2D eigenvalue weighted by Gasteiger charge is 2.16. The smallest absolute Gasteiger partial charge is 0.239 e.